The van der Waals surface area contributed by atoms with Crippen LogP contribution in [0.25, 0.3) is 6.08 Å². The molecule has 1 aliphatic rings. The molecule has 1 unspecified atom stereocenters. The molecular weight excluding hydrogens is 342 g/mol. The van der Waals surface area contributed by atoms with Gasteiger partial charge in [0.1, 0.15) is 0 Å². The van der Waals surface area contributed by atoms with Gasteiger partial charge in [0.15, 0.2) is 0 Å². The normalized spacial score (nSPS) is 15.3. The SMILES string of the molecule is CCC(NC(=O)/C=C/c1ccc(C(C)(C)C)cc1)c1ccc2c(c1)CCCC2. The van der Waals surface area contributed by atoms with Crippen LogP contribution in [0.3, 0.4) is 0 Å². The standard InChI is InChI=1S/C26H33NO/c1-5-24(22-14-13-20-8-6-7-9-21(20)18-22)27-25(28)17-12-19-10-15-23(16-11-19)26(2,3)4/h10-18,24H,5-9H2,1-4H3,(H,27,28)/b17-12+. The highest BCUT2D eigenvalue weighted by Crippen LogP contribution is 2.26. The summed E-state index contributed by atoms with van der Waals surface area (Å²) in [5.74, 6) is -0.0375. The molecule has 1 atom stereocenters. The van der Waals surface area contributed by atoms with Gasteiger partial charge in [-0.3, -0.25) is 4.79 Å². The van der Waals surface area contributed by atoms with Crippen LogP contribution in [0.4, 0.5) is 0 Å². The van der Waals surface area contributed by atoms with E-state index in [1.54, 1.807) is 6.08 Å². The summed E-state index contributed by atoms with van der Waals surface area (Å²) in [7, 11) is 0. The van der Waals surface area contributed by atoms with Crippen LogP contribution in [0, 0.1) is 0 Å². The Morgan fingerprint density at radius 2 is 1.71 bits per heavy atom. The molecule has 2 aromatic rings. The second kappa shape index (κ2) is 8.77. The Balaban J connectivity index is 1.65. The first-order valence-electron chi connectivity index (χ1n) is 10.6. The first kappa shape index (κ1) is 20.4. The van der Waals surface area contributed by atoms with Crippen LogP contribution in [0.1, 0.15) is 80.8 Å². The Bertz CT molecular complexity index is 840. The van der Waals surface area contributed by atoms with E-state index in [9.17, 15) is 4.79 Å². The van der Waals surface area contributed by atoms with Gasteiger partial charge in [-0.05, 0) is 71.4 Å². The molecule has 2 heteroatoms. The number of hydrogen-bond acceptors (Lipinski definition) is 1. The fraction of sp³-hybridized carbons (Fsp3) is 0.423. The van der Waals surface area contributed by atoms with Crippen LogP contribution in [-0.4, -0.2) is 5.91 Å². The van der Waals surface area contributed by atoms with Crippen molar-refractivity contribution in [3.8, 4) is 0 Å². The fourth-order valence-corrected chi connectivity index (χ4v) is 3.88. The van der Waals surface area contributed by atoms with Crippen molar-refractivity contribution in [2.75, 3.05) is 0 Å². The van der Waals surface area contributed by atoms with E-state index >= 15 is 0 Å². The van der Waals surface area contributed by atoms with Crippen molar-refractivity contribution in [2.24, 2.45) is 0 Å². The molecule has 0 heterocycles. The predicted octanol–water partition coefficient (Wildman–Crippen LogP) is 6.14. The molecule has 0 fully saturated rings. The van der Waals surface area contributed by atoms with E-state index in [1.807, 2.05) is 6.08 Å². The van der Waals surface area contributed by atoms with Crippen LogP contribution in [0.2, 0.25) is 0 Å². The predicted molar refractivity (Wildman–Crippen MR) is 118 cm³/mol. The molecule has 3 rings (SSSR count). The number of aryl methyl sites for hydroxylation is 2. The van der Waals surface area contributed by atoms with Gasteiger partial charge >= 0.3 is 0 Å². The minimum absolute atomic E-state index is 0.0375. The number of amides is 1. The van der Waals surface area contributed by atoms with E-state index in [-0.39, 0.29) is 17.4 Å². The minimum Gasteiger partial charge on any atom is -0.346 e. The lowest BCUT2D eigenvalue weighted by Gasteiger charge is -2.21. The van der Waals surface area contributed by atoms with Crippen molar-refractivity contribution in [3.63, 3.8) is 0 Å². The number of carbonyl (C=O) groups excluding carboxylic acids is 1. The fourth-order valence-electron chi connectivity index (χ4n) is 3.88. The zero-order valence-corrected chi connectivity index (χ0v) is 17.7. The number of carbonyl (C=O) groups is 1. The number of benzene rings is 2. The van der Waals surface area contributed by atoms with E-state index in [4.69, 9.17) is 0 Å². The Hall–Kier alpha value is -2.35. The number of fused-ring (bicyclic) bond motifs is 1. The maximum atomic E-state index is 12.5. The average molecular weight is 376 g/mol. The zero-order chi connectivity index (χ0) is 20.1. The summed E-state index contributed by atoms with van der Waals surface area (Å²) < 4.78 is 0. The third-order valence-electron chi connectivity index (χ3n) is 5.70. The number of rotatable bonds is 5. The van der Waals surface area contributed by atoms with Crippen molar-refractivity contribution < 1.29 is 4.79 Å². The van der Waals surface area contributed by atoms with Crippen molar-refractivity contribution in [3.05, 3.63) is 76.4 Å². The molecular formula is C26H33NO. The number of hydrogen-bond donors (Lipinski definition) is 1. The molecule has 0 spiro atoms. The molecule has 0 radical (unpaired) electrons. The maximum Gasteiger partial charge on any atom is 0.244 e. The summed E-state index contributed by atoms with van der Waals surface area (Å²) in [5, 5.41) is 3.17. The summed E-state index contributed by atoms with van der Waals surface area (Å²) in [4.78, 5) is 12.5. The first-order chi connectivity index (χ1) is 13.4. The lowest BCUT2D eigenvalue weighted by atomic mass is 9.87. The van der Waals surface area contributed by atoms with Gasteiger partial charge in [0.05, 0.1) is 6.04 Å². The molecule has 28 heavy (non-hydrogen) atoms. The van der Waals surface area contributed by atoms with Gasteiger partial charge in [-0.1, -0.05) is 70.2 Å². The van der Waals surface area contributed by atoms with Gasteiger partial charge < -0.3 is 5.32 Å². The van der Waals surface area contributed by atoms with Crippen LogP contribution < -0.4 is 5.32 Å². The molecule has 0 bridgehead atoms. The van der Waals surface area contributed by atoms with Crippen molar-refractivity contribution in [1.29, 1.82) is 0 Å². The van der Waals surface area contributed by atoms with E-state index < -0.39 is 0 Å². The third kappa shape index (κ3) is 5.13. The van der Waals surface area contributed by atoms with E-state index in [0.717, 1.165) is 18.4 Å². The highest BCUT2D eigenvalue weighted by atomic mass is 16.1. The molecule has 0 saturated carbocycles. The van der Waals surface area contributed by atoms with E-state index in [2.05, 4.69) is 75.5 Å². The lowest BCUT2D eigenvalue weighted by molar-refractivity contribution is -0.117. The van der Waals surface area contributed by atoms with Gasteiger partial charge in [-0.25, -0.2) is 0 Å². The summed E-state index contributed by atoms with van der Waals surface area (Å²) >= 11 is 0. The highest BCUT2D eigenvalue weighted by molar-refractivity contribution is 5.92. The van der Waals surface area contributed by atoms with Crippen molar-refractivity contribution >= 4 is 12.0 Å². The van der Waals surface area contributed by atoms with E-state index in [1.165, 1.54) is 41.5 Å². The monoisotopic (exact) mass is 375 g/mol. The van der Waals surface area contributed by atoms with Crippen molar-refractivity contribution in [1.82, 2.24) is 5.32 Å². The Kier molecular flexibility index (Phi) is 6.39. The highest BCUT2D eigenvalue weighted by Gasteiger charge is 2.15. The van der Waals surface area contributed by atoms with Crippen molar-refractivity contribution in [2.45, 2.75) is 71.3 Å². The third-order valence-corrected chi connectivity index (χ3v) is 5.70. The molecule has 1 aliphatic carbocycles. The Morgan fingerprint density at radius 1 is 1.04 bits per heavy atom. The van der Waals surface area contributed by atoms with Gasteiger partial charge in [0.2, 0.25) is 5.91 Å². The first-order valence-corrected chi connectivity index (χ1v) is 10.6. The Morgan fingerprint density at radius 3 is 2.36 bits per heavy atom. The summed E-state index contributed by atoms with van der Waals surface area (Å²) in [6.07, 6.45) is 9.35. The molecule has 0 aromatic heterocycles. The number of nitrogens with one attached hydrogen (secondary N) is 1. The molecule has 1 N–H and O–H groups in total. The van der Waals surface area contributed by atoms with Crippen LogP contribution in [0.15, 0.2) is 48.5 Å². The van der Waals surface area contributed by atoms with Crippen LogP contribution in [0.5, 0.6) is 0 Å². The summed E-state index contributed by atoms with van der Waals surface area (Å²) in [5.41, 5.74) is 6.65. The second-order valence-corrected chi connectivity index (χ2v) is 8.91. The summed E-state index contributed by atoms with van der Waals surface area (Å²) in [6, 6.07) is 15.2. The summed E-state index contributed by atoms with van der Waals surface area (Å²) in [6.45, 7) is 8.74. The van der Waals surface area contributed by atoms with Gasteiger partial charge in [-0.15, -0.1) is 0 Å². The second-order valence-electron chi connectivity index (χ2n) is 8.91. The van der Waals surface area contributed by atoms with Gasteiger partial charge in [0.25, 0.3) is 0 Å². The molecule has 2 aromatic carbocycles. The lowest BCUT2D eigenvalue weighted by Crippen LogP contribution is -2.26. The topological polar surface area (TPSA) is 29.1 Å². The van der Waals surface area contributed by atoms with Crippen LogP contribution in [-0.2, 0) is 23.1 Å². The maximum absolute atomic E-state index is 12.5. The average Bonchev–Trinajstić information content (AvgIpc) is 2.69. The largest absolute Gasteiger partial charge is 0.346 e. The zero-order valence-electron chi connectivity index (χ0n) is 17.7. The smallest absolute Gasteiger partial charge is 0.244 e. The molecule has 2 nitrogen and oxygen atoms in total. The Labute approximate surface area is 170 Å². The molecule has 0 aliphatic heterocycles. The van der Waals surface area contributed by atoms with E-state index in [0.29, 0.717) is 0 Å². The van der Waals surface area contributed by atoms with Crippen LogP contribution >= 0.6 is 0 Å². The molecule has 1 amide bonds. The molecule has 148 valence electrons. The molecule has 0 saturated heterocycles. The van der Waals surface area contributed by atoms with Gasteiger partial charge in [-0.2, -0.15) is 0 Å². The quantitative estimate of drug-likeness (QED) is 0.625. The van der Waals surface area contributed by atoms with Gasteiger partial charge in [0, 0.05) is 6.08 Å². The minimum atomic E-state index is -0.0375.